The largest absolute Gasteiger partial charge is 0.481 e. The lowest BCUT2D eigenvalue weighted by atomic mass is 9.86. The number of hydrogen-bond donors (Lipinski definition) is 2. The molecule has 2 unspecified atom stereocenters. The van der Waals surface area contributed by atoms with E-state index in [1.165, 1.54) is 6.92 Å². The summed E-state index contributed by atoms with van der Waals surface area (Å²) in [7, 11) is 0. The van der Waals surface area contributed by atoms with Gasteiger partial charge in [-0.2, -0.15) is 13.2 Å². The Morgan fingerprint density at radius 2 is 2.00 bits per heavy atom. The van der Waals surface area contributed by atoms with Crippen LogP contribution in [0.2, 0.25) is 0 Å². The van der Waals surface area contributed by atoms with E-state index in [1.54, 1.807) is 0 Å². The molecule has 0 aromatic heterocycles. The highest BCUT2D eigenvalue weighted by Crippen LogP contribution is 2.37. The van der Waals surface area contributed by atoms with E-state index in [-0.39, 0.29) is 5.56 Å². The Bertz CT molecular complexity index is 471. The lowest BCUT2D eigenvalue weighted by Crippen LogP contribution is -2.29. The van der Waals surface area contributed by atoms with E-state index in [4.69, 9.17) is 10.8 Å². The minimum Gasteiger partial charge on any atom is -0.481 e. The van der Waals surface area contributed by atoms with Gasteiger partial charge in [0.2, 0.25) is 0 Å². The predicted molar refractivity (Wildman–Crippen MR) is 60.0 cm³/mol. The Hall–Kier alpha value is -1.63. The van der Waals surface area contributed by atoms with Crippen molar-refractivity contribution >= 4 is 5.97 Å². The van der Waals surface area contributed by atoms with Gasteiger partial charge in [-0.3, -0.25) is 4.79 Å². The summed E-state index contributed by atoms with van der Waals surface area (Å²) in [5.74, 6) is -3.33. The Labute approximate surface area is 107 Å². The smallest absolute Gasteiger partial charge is 0.416 e. The maximum absolute atomic E-state index is 13.0. The van der Waals surface area contributed by atoms with Crippen molar-refractivity contribution in [3.63, 3.8) is 0 Å². The van der Waals surface area contributed by atoms with Gasteiger partial charge < -0.3 is 10.8 Å². The number of carboxylic acid groups (broad SMARTS) is 1. The van der Waals surface area contributed by atoms with E-state index in [1.807, 2.05) is 0 Å². The molecule has 19 heavy (non-hydrogen) atoms. The molecule has 3 N–H and O–H groups in total. The molecule has 0 fully saturated rings. The first-order valence-corrected chi connectivity index (χ1v) is 5.47. The zero-order valence-corrected chi connectivity index (χ0v) is 10.0. The third-order valence-corrected chi connectivity index (χ3v) is 2.75. The zero-order chi connectivity index (χ0) is 14.8. The average molecular weight is 279 g/mol. The molecule has 1 aromatic carbocycles. The van der Waals surface area contributed by atoms with E-state index in [0.717, 1.165) is 12.1 Å². The SMILES string of the molecule is CC(N)C(CC(=O)O)c1ccc(F)cc1C(F)(F)F. The van der Waals surface area contributed by atoms with Gasteiger partial charge in [-0.05, 0) is 24.6 Å². The predicted octanol–water partition coefficient (Wildman–Crippen LogP) is 2.75. The first-order valence-electron chi connectivity index (χ1n) is 5.47. The lowest BCUT2D eigenvalue weighted by Gasteiger charge is -2.23. The number of nitrogens with two attached hydrogens (primary N) is 1. The van der Waals surface area contributed by atoms with E-state index >= 15 is 0 Å². The summed E-state index contributed by atoms with van der Waals surface area (Å²) in [6.45, 7) is 1.41. The molecule has 3 nitrogen and oxygen atoms in total. The van der Waals surface area contributed by atoms with Crippen LogP contribution < -0.4 is 5.73 Å². The molecule has 0 amide bonds. The molecular formula is C12H13F4NO2. The number of halogens is 4. The lowest BCUT2D eigenvalue weighted by molar-refractivity contribution is -0.141. The molecule has 0 saturated heterocycles. The molecule has 106 valence electrons. The standard InChI is InChI=1S/C12H13F4NO2/c1-6(17)9(5-11(18)19)8-3-2-7(13)4-10(8)12(14,15)16/h2-4,6,9H,5,17H2,1H3,(H,18,19). The molecule has 0 aliphatic heterocycles. The van der Waals surface area contributed by atoms with Crippen molar-refractivity contribution in [2.24, 2.45) is 5.73 Å². The van der Waals surface area contributed by atoms with Crippen LogP contribution in [0, 0.1) is 5.82 Å². The third-order valence-electron chi connectivity index (χ3n) is 2.75. The summed E-state index contributed by atoms with van der Waals surface area (Å²) in [4.78, 5) is 10.7. The quantitative estimate of drug-likeness (QED) is 0.833. The van der Waals surface area contributed by atoms with Crippen molar-refractivity contribution in [3.8, 4) is 0 Å². The summed E-state index contributed by atoms with van der Waals surface area (Å²) in [5.41, 5.74) is 4.06. The molecule has 0 spiro atoms. The number of aliphatic carboxylic acids is 1. The van der Waals surface area contributed by atoms with Gasteiger partial charge in [0, 0.05) is 12.0 Å². The molecule has 0 radical (unpaired) electrons. The van der Waals surface area contributed by atoms with Gasteiger partial charge >= 0.3 is 12.1 Å². The second kappa shape index (κ2) is 5.56. The molecule has 0 aliphatic rings. The molecule has 1 aromatic rings. The molecule has 2 atom stereocenters. The Balaban J connectivity index is 3.34. The van der Waals surface area contributed by atoms with E-state index in [0.29, 0.717) is 6.07 Å². The fraction of sp³-hybridized carbons (Fsp3) is 0.417. The third kappa shape index (κ3) is 3.92. The number of alkyl halides is 3. The van der Waals surface area contributed by atoms with Gasteiger partial charge in [0.1, 0.15) is 5.82 Å². The molecule has 0 saturated carbocycles. The molecular weight excluding hydrogens is 266 g/mol. The zero-order valence-electron chi connectivity index (χ0n) is 10.0. The van der Waals surface area contributed by atoms with Crippen molar-refractivity contribution in [2.45, 2.75) is 31.5 Å². The fourth-order valence-corrected chi connectivity index (χ4v) is 1.86. The fourth-order valence-electron chi connectivity index (χ4n) is 1.86. The minimum atomic E-state index is -4.76. The van der Waals surface area contributed by atoms with E-state index in [9.17, 15) is 22.4 Å². The summed E-state index contributed by atoms with van der Waals surface area (Å²) in [6.07, 6.45) is -5.31. The maximum Gasteiger partial charge on any atom is 0.416 e. The number of rotatable bonds is 4. The summed E-state index contributed by atoms with van der Waals surface area (Å²) in [6, 6.07) is 1.35. The second-order valence-corrected chi connectivity index (χ2v) is 4.29. The number of carboxylic acids is 1. The number of carbonyl (C=O) groups is 1. The summed E-state index contributed by atoms with van der Waals surface area (Å²) in [5, 5.41) is 8.73. The summed E-state index contributed by atoms with van der Waals surface area (Å²) >= 11 is 0. The van der Waals surface area contributed by atoms with Gasteiger partial charge in [0.05, 0.1) is 12.0 Å². The van der Waals surface area contributed by atoms with E-state index < -0.39 is 41.9 Å². The van der Waals surface area contributed by atoms with Crippen LogP contribution in [0.25, 0.3) is 0 Å². The molecule has 7 heteroatoms. The normalized spacial score (nSPS) is 15.1. The monoisotopic (exact) mass is 279 g/mol. The van der Waals surface area contributed by atoms with Gasteiger partial charge in [-0.25, -0.2) is 4.39 Å². The highest BCUT2D eigenvalue weighted by molar-refractivity contribution is 5.68. The van der Waals surface area contributed by atoms with Crippen molar-refractivity contribution < 1.29 is 27.5 Å². The van der Waals surface area contributed by atoms with Crippen LogP contribution >= 0.6 is 0 Å². The van der Waals surface area contributed by atoms with Crippen molar-refractivity contribution in [3.05, 3.63) is 35.1 Å². The number of hydrogen-bond acceptors (Lipinski definition) is 2. The Kier molecular flexibility index (Phi) is 4.52. The second-order valence-electron chi connectivity index (χ2n) is 4.29. The van der Waals surface area contributed by atoms with Crippen LogP contribution in [0.3, 0.4) is 0 Å². The molecule has 0 aliphatic carbocycles. The van der Waals surface area contributed by atoms with Gasteiger partial charge in [0.25, 0.3) is 0 Å². The van der Waals surface area contributed by atoms with Crippen molar-refractivity contribution in [1.82, 2.24) is 0 Å². The Morgan fingerprint density at radius 3 is 2.42 bits per heavy atom. The highest BCUT2D eigenvalue weighted by atomic mass is 19.4. The first kappa shape index (κ1) is 15.4. The Morgan fingerprint density at radius 1 is 1.42 bits per heavy atom. The van der Waals surface area contributed by atoms with Crippen LogP contribution in [-0.2, 0) is 11.0 Å². The first-order chi connectivity index (χ1) is 8.62. The van der Waals surface area contributed by atoms with Crippen molar-refractivity contribution in [1.29, 1.82) is 0 Å². The topological polar surface area (TPSA) is 63.3 Å². The average Bonchev–Trinajstić information content (AvgIpc) is 2.24. The van der Waals surface area contributed by atoms with Gasteiger partial charge in [-0.1, -0.05) is 6.07 Å². The molecule has 0 heterocycles. The van der Waals surface area contributed by atoms with Crippen LogP contribution in [0.15, 0.2) is 18.2 Å². The van der Waals surface area contributed by atoms with E-state index in [2.05, 4.69) is 0 Å². The van der Waals surface area contributed by atoms with Gasteiger partial charge in [0.15, 0.2) is 0 Å². The number of benzene rings is 1. The maximum atomic E-state index is 13.0. The van der Waals surface area contributed by atoms with Crippen LogP contribution in [0.4, 0.5) is 17.6 Å². The van der Waals surface area contributed by atoms with Crippen LogP contribution in [0.1, 0.15) is 30.4 Å². The van der Waals surface area contributed by atoms with Crippen LogP contribution in [-0.4, -0.2) is 17.1 Å². The van der Waals surface area contributed by atoms with Crippen molar-refractivity contribution in [2.75, 3.05) is 0 Å². The minimum absolute atomic E-state index is 0.300. The highest BCUT2D eigenvalue weighted by Gasteiger charge is 2.36. The molecule has 1 rings (SSSR count). The molecule has 0 bridgehead atoms. The van der Waals surface area contributed by atoms with Gasteiger partial charge in [-0.15, -0.1) is 0 Å². The summed E-state index contributed by atoms with van der Waals surface area (Å²) < 4.78 is 51.5. The van der Waals surface area contributed by atoms with Crippen LogP contribution in [0.5, 0.6) is 0 Å².